The zero-order valence-electron chi connectivity index (χ0n) is 12.2. The minimum atomic E-state index is -0.934. The first-order valence-corrected chi connectivity index (χ1v) is 8.77. The van der Waals surface area contributed by atoms with Gasteiger partial charge in [0.15, 0.2) is 0 Å². The SMILES string of the molecule is Cc1noc(C)c1CSCC(=O)N1C(C)SCC1C(=O)O. The number of carboxylic acid groups (broad SMARTS) is 1. The number of aliphatic carboxylic acids is 1. The monoisotopic (exact) mass is 330 g/mol. The lowest BCUT2D eigenvalue weighted by molar-refractivity contribution is -0.147. The van der Waals surface area contributed by atoms with Crippen LogP contribution in [0.3, 0.4) is 0 Å². The van der Waals surface area contributed by atoms with E-state index in [1.165, 1.54) is 28.4 Å². The van der Waals surface area contributed by atoms with Crippen LogP contribution < -0.4 is 0 Å². The van der Waals surface area contributed by atoms with Crippen molar-refractivity contribution in [3.8, 4) is 0 Å². The molecule has 1 aromatic rings. The van der Waals surface area contributed by atoms with Crippen molar-refractivity contribution in [2.45, 2.75) is 37.9 Å². The second kappa shape index (κ2) is 6.74. The second-order valence-electron chi connectivity index (χ2n) is 4.88. The third-order valence-electron chi connectivity index (χ3n) is 3.45. The summed E-state index contributed by atoms with van der Waals surface area (Å²) in [5, 5.41) is 13.0. The Morgan fingerprint density at radius 3 is 2.81 bits per heavy atom. The highest BCUT2D eigenvalue weighted by molar-refractivity contribution is 8.00. The largest absolute Gasteiger partial charge is 0.480 e. The van der Waals surface area contributed by atoms with Crippen molar-refractivity contribution in [2.24, 2.45) is 0 Å². The number of hydrogen-bond acceptors (Lipinski definition) is 6. The van der Waals surface area contributed by atoms with E-state index in [1.54, 1.807) is 0 Å². The molecule has 1 fully saturated rings. The van der Waals surface area contributed by atoms with Crippen LogP contribution in [-0.2, 0) is 15.3 Å². The van der Waals surface area contributed by atoms with E-state index < -0.39 is 12.0 Å². The molecule has 1 aliphatic heterocycles. The van der Waals surface area contributed by atoms with E-state index in [0.29, 0.717) is 11.5 Å². The van der Waals surface area contributed by atoms with Crippen molar-refractivity contribution in [3.05, 3.63) is 17.0 Å². The molecule has 2 unspecified atom stereocenters. The summed E-state index contributed by atoms with van der Waals surface area (Å²) in [4.78, 5) is 24.9. The quantitative estimate of drug-likeness (QED) is 0.882. The van der Waals surface area contributed by atoms with E-state index in [0.717, 1.165) is 17.0 Å². The summed E-state index contributed by atoms with van der Waals surface area (Å²) >= 11 is 2.95. The highest BCUT2D eigenvalue weighted by atomic mass is 32.2. The van der Waals surface area contributed by atoms with Crippen LogP contribution >= 0.6 is 23.5 Å². The van der Waals surface area contributed by atoms with Gasteiger partial charge in [0.1, 0.15) is 11.8 Å². The number of hydrogen-bond donors (Lipinski definition) is 1. The van der Waals surface area contributed by atoms with Crippen LogP contribution in [0.5, 0.6) is 0 Å². The van der Waals surface area contributed by atoms with Crippen molar-refractivity contribution >= 4 is 35.4 Å². The van der Waals surface area contributed by atoms with Crippen molar-refractivity contribution in [1.29, 1.82) is 0 Å². The van der Waals surface area contributed by atoms with Gasteiger partial charge in [0.25, 0.3) is 0 Å². The molecular weight excluding hydrogens is 312 g/mol. The van der Waals surface area contributed by atoms with Gasteiger partial charge in [-0.15, -0.1) is 23.5 Å². The molecule has 116 valence electrons. The van der Waals surface area contributed by atoms with Crippen LogP contribution in [-0.4, -0.2) is 50.0 Å². The molecule has 0 aromatic carbocycles. The number of carboxylic acids is 1. The number of amides is 1. The first-order valence-electron chi connectivity index (χ1n) is 6.57. The molecule has 1 aliphatic rings. The van der Waals surface area contributed by atoms with Gasteiger partial charge in [-0.25, -0.2) is 4.79 Å². The lowest BCUT2D eigenvalue weighted by Gasteiger charge is -2.24. The maximum absolute atomic E-state index is 12.3. The molecule has 1 amide bonds. The van der Waals surface area contributed by atoms with Gasteiger partial charge < -0.3 is 14.5 Å². The summed E-state index contributed by atoms with van der Waals surface area (Å²) in [6, 6.07) is -0.711. The van der Waals surface area contributed by atoms with Gasteiger partial charge in [0.2, 0.25) is 5.91 Å². The van der Waals surface area contributed by atoms with Gasteiger partial charge >= 0.3 is 5.97 Å². The summed E-state index contributed by atoms with van der Waals surface area (Å²) in [5.74, 6) is 1.06. The average Bonchev–Trinajstić information content (AvgIpc) is 2.95. The maximum atomic E-state index is 12.3. The Kier molecular flexibility index (Phi) is 5.21. The number of carbonyl (C=O) groups is 2. The number of thioether (sulfide) groups is 2. The third kappa shape index (κ3) is 3.55. The molecule has 0 bridgehead atoms. The Balaban J connectivity index is 1.91. The van der Waals surface area contributed by atoms with Crippen LogP contribution in [0.1, 0.15) is 23.9 Å². The van der Waals surface area contributed by atoms with Crippen molar-refractivity contribution in [3.63, 3.8) is 0 Å². The van der Waals surface area contributed by atoms with Gasteiger partial charge in [-0.1, -0.05) is 5.16 Å². The summed E-state index contributed by atoms with van der Waals surface area (Å²) in [7, 11) is 0. The Morgan fingerprint density at radius 2 is 2.24 bits per heavy atom. The molecule has 0 aliphatic carbocycles. The Hall–Kier alpha value is -1.15. The molecule has 1 saturated heterocycles. The van der Waals surface area contributed by atoms with Crippen LogP contribution in [0.4, 0.5) is 0 Å². The van der Waals surface area contributed by atoms with E-state index in [1.807, 2.05) is 20.8 Å². The molecule has 6 nitrogen and oxygen atoms in total. The molecule has 2 heterocycles. The predicted molar refractivity (Wildman–Crippen MR) is 82.3 cm³/mol. The number of nitrogens with zero attached hydrogens (tertiary/aromatic N) is 2. The van der Waals surface area contributed by atoms with Gasteiger partial charge in [-0.05, 0) is 20.8 Å². The Morgan fingerprint density at radius 1 is 1.52 bits per heavy atom. The lowest BCUT2D eigenvalue weighted by Crippen LogP contribution is -2.45. The summed E-state index contributed by atoms with van der Waals surface area (Å²) in [6.45, 7) is 5.58. The Bertz CT molecular complexity index is 527. The maximum Gasteiger partial charge on any atom is 0.327 e. The van der Waals surface area contributed by atoms with Crippen LogP contribution in [0.25, 0.3) is 0 Å². The number of carbonyl (C=O) groups excluding carboxylic acids is 1. The van der Waals surface area contributed by atoms with Crippen LogP contribution in [0.15, 0.2) is 4.52 Å². The molecule has 0 saturated carbocycles. The molecular formula is C13H18N2O4S2. The van der Waals surface area contributed by atoms with Crippen molar-refractivity contribution in [2.75, 3.05) is 11.5 Å². The molecule has 0 radical (unpaired) electrons. The summed E-state index contributed by atoms with van der Waals surface area (Å²) in [6.07, 6.45) is 0. The smallest absolute Gasteiger partial charge is 0.327 e. The molecule has 2 atom stereocenters. The zero-order valence-corrected chi connectivity index (χ0v) is 13.8. The van der Waals surface area contributed by atoms with E-state index in [4.69, 9.17) is 9.63 Å². The van der Waals surface area contributed by atoms with E-state index in [-0.39, 0.29) is 17.0 Å². The second-order valence-corrected chi connectivity index (χ2v) is 7.22. The number of aryl methyl sites for hydroxylation is 2. The topological polar surface area (TPSA) is 83.6 Å². The summed E-state index contributed by atoms with van der Waals surface area (Å²) < 4.78 is 5.08. The van der Waals surface area contributed by atoms with Crippen molar-refractivity contribution in [1.82, 2.24) is 10.1 Å². The molecule has 8 heteroatoms. The minimum absolute atomic E-state index is 0.0849. The molecule has 21 heavy (non-hydrogen) atoms. The fraction of sp³-hybridized carbons (Fsp3) is 0.615. The van der Waals surface area contributed by atoms with Gasteiger partial charge in [-0.3, -0.25) is 4.79 Å². The molecule has 1 aromatic heterocycles. The first-order chi connectivity index (χ1) is 9.91. The predicted octanol–water partition coefficient (Wildman–Crippen LogP) is 1.90. The molecule has 0 spiro atoms. The van der Waals surface area contributed by atoms with Gasteiger partial charge in [-0.2, -0.15) is 0 Å². The summed E-state index contributed by atoms with van der Waals surface area (Å²) in [5.41, 5.74) is 1.84. The molecule has 1 N–H and O–H groups in total. The third-order valence-corrected chi connectivity index (χ3v) is 5.61. The normalized spacial score (nSPS) is 21.8. The molecule has 2 rings (SSSR count). The minimum Gasteiger partial charge on any atom is -0.480 e. The van der Waals surface area contributed by atoms with Gasteiger partial charge in [0.05, 0.1) is 16.8 Å². The van der Waals surface area contributed by atoms with E-state index in [2.05, 4.69) is 5.16 Å². The number of rotatable bonds is 5. The first kappa shape index (κ1) is 16.2. The van der Waals surface area contributed by atoms with Crippen LogP contribution in [0, 0.1) is 13.8 Å². The fourth-order valence-corrected chi connectivity index (χ4v) is 4.47. The van der Waals surface area contributed by atoms with E-state index >= 15 is 0 Å². The Labute approximate surface area is 131 Å². The zero-order chi connectivity index (χ0) is 15.6. The highest BCUT2D eigenvalue weighted by Gasteiger charge is 2.39. The lowest BCUT2D eigenvalue weighted by atomic mass is 10.2. The number of aromatic nitrogens is 1. The van der Waals surface area contributed by atoms with E-state index in [9.17, 15) is 9.59 Å². The standard InChI is InChI=1S/C13H18N2O4S2/c1-7-10(8(2)19-14-7)4-20-6-12(16)15-9(3)21-5-11(15)13(17)18/h9,11H,4-6H2,1-3H3,(H,17,18). The highest BCUT2D eigenvalue weighted by Crippen LogP contribution is 2.30. The fourth-order valence-electron chi connectivity index (χ4n) is 2.23. The van der Waals surface area contributed by atoms with Crippen LogP contribution in [0.2, 0.25) is 0 Å². The van der Waals surface area contributed by atoms with Crippen molar-refractivity contribution < 1.29 is 19.2 Å². The van der Waals surface area contributed by atoms with Gasteiger partial charge in [0, 0.05) is 17.1 Å². The average molecular weight is 330 g/mol.